The van der Waals surface area contributed by atoms with Crippen LogP contribution in [0.25, 0.3) is 0 Å². The van der Waals surface area contributed by atoms with Gasteiger partial charge < -0.3 is 14.8 Å². The molecule has 2 heterocycles. The minimum Gasteiger partial charge on any atom is -0.454 e. The fraction of sp³-hybridized carbons (Fsp3) is 0.353. The Balaban J connectivity index is 1.65. The van der Waals surface area contributed by atoms with E-state index in [1.165, 1.54) is 6.07 Å². The highest BCUT2D eigenvalue weighted by molar-refractivity contribution is 7.91. The average molecular weight is 396 g/mol. The molecule has 1 aromatic carbocycles. The van der Waals surface area contributed by atoms with Gasteiger partial charge in [0.25, 0.3) is 10.0 Å². The molecular formula is C17H20N2O5S2. The summed E-state index contributed by atoms with van der Waals surface area (Å²) in [6.07, 6.45) is 0. The van der Waals surface area contributed by atoms with E-state index in [1.807, 2.05) is 6.07 Å². The molecule has 0 fully saturated rings. The Bertz CT molecular complexity index is 879. The van der Waals surface area contributed by atoms with Crippen LogP contribution in [0.1, 0.15) is 19.4 Å². The zero-order chi connectivity index (χ0) is 18.7. The molecule has 0 spiro atoms. The number of carbonyl (C=O) groups excluding carboxylic acids is 1. The number of sulfonamides is 1. The van der Waals surface area contributed by atoms with Crippen LogP contribution in [0.15, 0.2) is 39.9 Å². The summed E-state index contributed by atoms with van der Waals surface area (Å²) >= 11 is 1.11. The number of rotatable bonds is 7. The lowest BCUT2D eigenvalue weighted by Crippen LogP contribution is -2.49. The summed E-state index contributed by atoms with van der Waals surface area (Å²) < 4.78 is 38.1. The first-order valence-corrected chi connectivity index (χ1v) is 10.4. The lowest BCUT2D eigenvalue weighted by molar-refractivity contribution is -0.123. The zero-order valence-electron chi connectivity index (χ0n) is 14.4. The summed E-state index contributed by atoms with van der Waals surface area (Å²) in [6.45, 7) is 4.04. The molecule has 0 saturated carbocycles. The predicted octanol–water partition coefficient (Wildman–Crippen LogP) is 2.10. The van der Waals surface area contributed by atoms with Gasteiger partial charge in [-0.25, -0.2) is 8.42 Å². The van der Waals surface area contributed by atoms with Crippen LogP contribution in [0, 0.1) is 5.92 Å². The van der Waals surface area contributed by atoms with Crippen LogP contribution in [0.4, 0.5) is 0 Å². The molecule has 0 unspecified atom stereocenters. The third-order valence-electron chi connectivity index (χ3n) is 3.89. The van der Waals surface area contributed by atoms with Crippen molar-refractivity contribution in [3.63, 3.8) is 0 Å². The number of hydrogen-bond donors (Lipinski definition) is 2. The molecule has 2 aromatic rings. The Morgan fingerprint density at radius 2 is 2.00 bits per heavy atom. The smallest absolute Gasteiger partial charge is 0.250 e. The van der Waals surface area contributed by atoms with E-state index < -0.39 is 16.1 Å². The molecule has 0 saturated heterocycles. The van der Waals surface area contributed by atoms with Gasteiger partial charge in [0.1, 0.15) is 10.3 Å². The van der Waals surface area contributed by atoms with Gasteiger partial charge in [0, 0.05) is 6.54 Å². The summed E-state index contributed by atoms with van der Waals surface area (Å²) in [5.74, 6) is 0.721. The maximum atomic E-state index is 12.5. The van der Waals surface area contributed by atoms with Gasteiger partial charge >= 0.3 is 0 Å². The van der Waals surface area contributed by atoms with Crippen molar-refractivity contribution in [2.75, 3.05) is 6.79 Å². The molecule has 7 nitrogen and oxygen atoms in total. The molecule has 1 aromatic heterocycles. The summed E-state index contributed by atoms with van der Waals surface area (Å²) in [6, 6.07) is 7.70. The molecule has 0 aliphatic carbocycles. The molecule has 0 bridgehead atoms. The normalized spacial score (nSPS) is 14.4. The van der Waals surface area contributed by atoms with Crippen molar-refractivity contribution in [3.8, 4) is 11.5 Å². The van der Waals surface area contributed by atoms with Crippen LogP contribution in [-0.4, -0.2) is 27.2 Å². The van der Waals surface area contributed by atoms with E-state index in [2.05, 4.69) is 10.0 Å². The zero-order valence-corrected chi connectivity index (χ0v) is 16.0. The molecule has 1 aliphatic rings. The third-order valence-corrected chi connectivity index (χ3v) is 6.73. The molecule has 9 heteroatoms. The van der Waals surface area contributed by atoms with Gasteiger partial charge in [-0.1, -0.05) is 26.0 Å². The monoisotopic (exact) mass is 396 g/mol. The van der Waals surface area contributed by atoms with Crippen molar-refractivity contribution in [2.24, 2.45) is 5.92 Å². The molecule has 1 atom stereocenters. The predicted molar refractivity (Wildman–Crippen MR) is 97.7 cm³/mol. The van der Waals surface area contributed by atoms with E-state index in [0.717, 1.165) is 16.9 Å². The van der Waals surface area contributed by atoms with E-state index in [9.17, 15) is 13.2 Å². The number of carbonyl (C=O) groups is 1. The Morgan fingerprint density at radius 3 is 2.69 bits per heavy atom. The molecule has 0 radical (unpaired) electrons. The second-order valence-corrected chi connectivity index (χ2v) is 9.07. The van der Waals surface area contributed by atoms with Crippen molar-refractivity contribution in [1.29, 1.82) is 0 Å². The van der Waals surface area contributed by atoms with Gasteiger partial charge in [-0.3, -0.25) is 4.79 Å². The first kappa shape index (κ1) is 18.7. The highest BCUT2D eigenvalue weighted by atomic mass is 32.2. The highest BCUT2D eigenvalue weighted by Crippen LogP contribution is 2.32. The number of hydrogen-bond acceptors (Lipinski definition) is 6. The topological polar surface area (TPSA) is 93.7 Å². The van der Waals surface area contributed by atoms with Crippen LogP contribution < -0.4 is 19.5 Å². The Morgan fingerprint density at radius 1 is 1.23 bits per heavy atom. The van der Waals surface area contributed by atoms with E-state index in [0.29, 0.717) is 11.5 Å². The van der Waals surface area contributed by atoms with Crippen molar-refractivity contribution >= 4 is 27.3 Å². The molecule has 140 valence electrons. The molecule has 26 heavy (non-hydrogen) atoms. The van der Waals surface area contributed by atoms with Crippen LogP contribution in [-0.2, 0) is 21.4 Å². The quantitative estimate of drug-likeness (QED) is 0.748. The first-order valence-electron chi connectivity index (χ1n) is 8.09. The van der Waals surface area contributed by atoms with Crippen LogP contribution >= 0.6 is 11.3 Å². The van der Waals surface area contributed by atoms with Crippen molar-refractivity contribution in [2.45, 2.75) is 30.6 Å². The SMILES string of the molecule is CC(C)[C@@H](NS(=O)(=O)c1cccs1)C(=O)NCc1ccc2c(c1)OCO2. The maximum absolute atomic E-state index is 12.5. The van der Waals surface area contributed by atoms with E-state index in [-0.39, 0.29) is 29.4 Å². The van der Waals surface area contributed by atoms with E-state index in [4.69, 9.17) is 9.47 Å². The number of nitrogens with one attached hydrogen (secondary N) is 2. The first-order chi connectivity index (χ1) is 12.4. The molecule has 2 N–H and O–H groups in total. The standard InChI is InChI=1S/C17H20N2O5S2/c1-11(2)16(19-26(21,22)15-4-3-7-25-15)17(20)18-9-12-5-6-13-14(8-12)24-10-23-13/h3-8,11,16,19H,9-10H2,1-2H3,(H,18,20)/t16-/m1/s1. The minimum absolute atomic E-state index is 0.186. The van der Waals surface area contributed by atoms with Crippen molar-refractivity contribution in [1.82, 2.24) is 10.0 Å². The number of thiophene rings is 1. The lowest BCUT2D eigenvalue weighted by atomic mass is 10.0. The number of amides is 1. The molecule has 1 aliphatic heterocycles. The summed E-state index contributed by atoms with van der Waals surface area (Å²) in [5.41, 5.74) is 0.839. The third kappa shape index (κ3) is 4.17. The maximum Gasteiger partial charge on any atom is 0.250 e. The van der Waals surface area contributed by atoms with Gasteiger partial charge in [-0.05, 0) is 35.1 Å². The highest BCUT2D eigenvalue weighted by Gasteiger charge is 2.28. The van der Waals surface area contributed by atoms with Gasteiger partial charge in [-0.15, -0.1) is 11.3 Å². The van der Waals surface area contributed by atoms with E-state index >= 15 is 0 Å². The van der Waals surface area contributed by atoms with Crippen LogP contribution in [0.3, 0.4) is 0 Å². The Labute approximate surface area is 156 Å². The second kappa shape index (κ2) is 7.65. The molecule has 3 rings (SSSR count). The largest absolute Gasteiger partial charge is 0.454 e. The Hall–Kier alpha value is -2.10. The van der Waals surface area contributed by atoms with Crippen molar-refractivity contribution < 1.29 is 22.7 Å². The van der Waals surface area contributed by atoms with Gasteiger partial charge in [0.2, 0.25) is 12.7 Å². The fourth-order valence-electron chi connectivity index (χ4n) is 2.48. The number of benzene rings is 1. The average Bonchev–Trinajstić information content (AvgIpc) is 3.28. The minimum atomic E-state index is -3.73. The van der Waals surface area contributed by atoms with Gasteiger partial charge in [0.15, 0.2) is 11.5 Å². The summed E-state index contributed by atoms with van der Waals surface area (Å²) in [5, 5.41) is 4.46. The van der Waals surface area contributed by atoms with E-state index in [1.54, 1.807) is 37.4 Å². The number of ether oxygens (including phenoxy) is 2. The Kier molecular flexibility index (Phi) is 5.49. The van der Waals surface area contributed by atoms with Gasteiger partial charge in [-0.2, -0.15) is 4.72 Å². The van der Waals surface area contributed by atoms with Crippen molar-refractivity contribution in [3.05, 3.63) is 41.3 Å². The number of fused-ring (bicyclic) bond motifs is 1. The molecular weight excluding hydrogens is 376 g/mol. The van der Waals surface area contributed by atoms with Gasteiger partial charge in [0.05, 0.1) is 0 Å². The summed E-state index contributed by atoms with van der Waals surface area (Å²) in [4.78, 5) is 12.5. The fourth-order valence-corrected chi connectivity index (χ4v) is 4.84. The van der Waals surface area contributed by atoms with Crippen LogP contribution in [0.5, 0.6) is 11.5 Å². The second-order valence-electron chi connectivity index (χ2n) is 6.18. The molecule has 1 amide bonds. The van der Waals surface area contributed by atoms with Crippen LogP contribution in [0.2, 0.25) is 0 Å². The summed E-state index contributed by atoms with van der Waals surface area (Å²) in [7, 11) is -3.73. The lowest BCUT2D eigenvalue weighted by Gasteiger charge is -2.21.